The molecule has 0 fully saturated rings. The van der Waals surface area contributed by atoms with E-state index in [1.807, 2.05) is 17.3 Å². The fraction of sp³-hybridized carbons (Fsp3) is 0.109. The summed E-state index contributed by atoms with van der Waals surface area (Å²) in [6.45, 7) is 8.67. The number of hydrogen-bond acceptors (Lipinski definition) is 4. The molecule has 0 spiro atoms. The van der Waals surface area contributed by atoms with E-state index in [9.17, 15) is 0 Å². The molecule has 264 valence electrons. The molecule has 8 aromatic rings. The van der Waals surface area contributed by atoms with Gasteiger partial charge in [-0.05, 0) is 92.2 Å². The van der Waals surface area contributed by atoms with Gasteiger partial charge in [-0.25, -0.2) is 4.98 Å². The maximum atomic E-state index is 5.09. The Morgan fingerprint density at radius 3 is 2.19 bits per heavy atom. The topological polar surface area (TPSA) is 40.3 Å². The monoisotopic (exact) mass is 871 g/mol. The van der Waals surface area contributed by atoms with Gasteiger partial charge in [0.05, 0.1) is 0 Å². The number of fused-ring (bicyclic) bond motifs is 4. The van der Waals surface area contributed by atoms with E-state index in [-0.39, 0.29) is 26.6 Å². The largest absolute Gasteiger partial charge is 0.358 e. The third-order valence-corrected chi connectivity index (χ3v) is 9.64. The van der Waals surface area contributed by atoms with Gasteiger partial charge < -0.3 is 9.47 Å². The molecule has 0 aliphatic carbocycles. The number of pyridine rings is 1. The van der Waals surface area contributed by atoms with Crippen LogP contribution in [0.2, 0.25) is 0 Å². The Morgan fingerprint density at radius 2 is 1.38 bits per heavy atom. The van der Waals surface area contributed by atoms with Crippen LogP contribution in [0.5, 0.6) is 0 Å². The minimum Gasteiger partial charge on any atom is -0.358 e. The Hall–Kier alpha value is -5.68. The zero-order valence-corrected chi connectivity index (χ0v) is 32.2. The standard InChI is InChI=1S/C46H37N5O.Pt/c1-32-15-8-9-20-38(32)33-27-28-47-45(29-33)49-41-22-11-10-21-39(41)40-26-25-36(31-44(40)49)48(34-16-6-5-7-17-34)35-18-14-19-37(30-35)50-42-23-12-13-24-43(42)51(52-50)46(2,3)4;/h5-29H,1-4H3;/q-2;/p+1. The van der Waals surface area contributed by atoms with Gasteiger partial charge in [-0.1, -0.05) is 89.7 Å². The normalized spacial score (nSPS) is 12.6. The van der Waals surface area contributed by atoms with Crippen molar-refractivity contribution in [2.75, 3.05) is 15.0 Å². The molecule has 2 aromatic heterocycles. The Labute approximate surface area is 324 Å². The van der Waals surface area contributed by atoms with Crippen LogP contribution in [0.25, 0.3) is 38.8 Å². The fourth-order valence-electron chi connectivity index (χ4n) is 7.22. The summed E-state index contributed by atoms with van der Waals surface area (Å²) in [7, 11) is 0. The Kier molecular flexibility index (Phi) is 8.90. The second kappa shape index (κ2) is 13.7. The van der Waals surface area contributed by atoms with Crippen molar-refractivity contribution in [2.24, 2.45) is 0 Å². The summed E-state index contributed by atoms with van der Waals surface area (Å²) in [6, 6.07) is 58.3. The summed E-state index contributed by atoms with van der Waals surface area (Å²) in [5.41, 5.74) is 11.1. The van der Waals surface area contributed by atoms with Gasteiger partial charge in [0, 0.05) is 44.2 Å². The summed E-state index contributed by atoms with van der Waals surface area (Å²) in [5, 5.41) is 6.34. The SMILES string of the molecule is Cc1ccccc1-c1ccnc(-n2c3[c-]c(N(c4[c-]c(N5[OH+]N(C(C)(C)C)c6ccccc65)ccc4)c4ccccc4)ccc3c3ccccc32)c1.[Pt]. The Morgan fingerprint density at radius 1 is 0.660 bits per heavy atom. The number of anilines is 6. The second-order valence-electron chi connectivity index (χ2n) is 14.1. The molecule has 6 aromatic carbocycles. The van der Waals surface area contributed by atoms with E-state index >= 15 is 0 Å². The molecule has 0 saturated heterocycles. The summed E-state index contributed by atoms with van der Waals surface area (Å²) >= 11 is 0. The third-order valence-electron chi connectivity index (χ3n) is 9.64. The van der Waals surface area contributed by atoms with E-state index in [1.165, 1.54) is 11.1 Å². The van der Waals surface area contributed by atoms with Gasteiger partial charge in [0.1, 0.15) is 22.7 Å². The van der Waals surface area contributed by atoms with E-state index in [2.05, 4.69) is 194 Å². The van der Waals surface area contributed by atoms with Crippen molar-refractivity contribution in [2.45, 2.75) is 33.2 Å². The maximum absolute atomic E-state index is 5.09. The second-order valence-corrected chi connectivity index (χ2v) is 14.1. The minimum absolute atomic E-state index is 0. The number of nitrogens with zero attached hydrogens (tertiary/aromatic N) is 5. The summed E-state index contributed by atoms with van der Waals surface area (Å²) in [6.07, 6.45) is 1.90. The first-order valence-electron chi connectivity index (χ1n) is 17.6. The van der Waals surface area contributed by atoms with Gasteiger partial charge in [0.2, 0.25) is 0 Å². The number of para-hydroxylation sites is 4. The number of rotatable bonds is 6. The molecular weight excluding hydrogens is 834 g/mol. The molecule has 53 heavy (non-hydrogen) atoms. The maximum Gasteiger partial charge on any atom is 0.145 e. The summed E-state index contributed by atoms with van der Waals surface area (Å²) < 4.78 is 2.24. The average Bonchev–Trinajstić information content (AvgIpc) is 3.73. The van der Waals surface area contributed by atoms with Gasteiger partial charge >= 0.3 is 0 Å². The van der Waals surface area contributed by atoms with Crippen LogP contribution in [-0.2, 0) is 21.1 Å². The van der Waals surface area contributed by atoms with Gasteiger partial charge in [-0.3, -0.25) is 0 Å². The third kappa shape index (κ3) is 6.08. The zero-order chi connectivity index (χ0) is 35.4. The molecule has 7 heteroatoms. The van der Waals surface area contributed by atoms with Crippen molar-refractivity contribution in [1.82, 2.24) is 9.55 Å². The van der Waals surface area contributed by atoms with Crippen LogP contribution in [0.4, 0.5) is 34.1 Å². The molecule has 6 nitrogen and oxygen atoms in total. The number of benzene rings is 6. The molecule has 1 N–H and O–H groups in total. The van der Waals surface area contributed by atoms with E-state index in [0.717, 1.165) is 67.3 Å². The van der Waals surface area contributed by atoms with Crippen molar-refractivity contribution >= 4 is 55.9 Å². The Balaban J connectivity index is 0.00000400. The molecule has 0 radical (unpaired) electrons. The van der Waals surface area contributed by atoms with E-state index < -0.39 is 0 Å². The fourth-order valence-corrected chi connectivity index (χ4v) is 7.22. The van der Waals surface area contributed by atoms with Crippen LogP contribution in [0, 0.1) is 19.1 Å². The molecule has 0 amide bonds. The smallest absolute Gasteiger partial charge is 0.145 e. The van der Waals surface area contributed by atoms with Gasteiger partial charge in [0.15, 0.2) is 0 Å². The first kappa shape index (κ1) is 34.4. The van der Waals surface area contributed by atoms with Crippen molar-refractivity contribution in [1.29, 1.82) is 0 Å². The van der Waals surface area contributed by atoms with E-state index in [0.29, 0.717) is 0 Å². The van der Waals surface area contributed by atoms with Crippen molar-refractivity contribution in [3.05, 3.63) is 169 Å². The van der Waals surface area contributed by atoms with E-state index in [1.54, 1.807) is 0 Å². The first-order chi connectivity index (χ1) is 25.3. The van der Waals surface area contributed by atoms with Gasteiger partial charge in [-0.2, -0.15) is 17.1 Å². The molecule has 9 rings (SSSR count). The molecule has 0 unspecified atom stereocenters. The first-order valence-corrected chi connectivity index (χ1v) is 17.6. The number of hydroxylamine groups is 1. The van der Waals surface area contributed by atoms with Crippen LogP contribution >= 0.6 is 0 Å². The molecule has 0 saturated carbocycles. The quantitative estimate of drug-likeness (QED) is 0.123. The number of aromatic nitrogens is 2. The average molecular weight is 872 g/mol. The molecule has 1 aliphatic heterocycles. The van der Waals surface area contributed by atoms with Gasteiger partial charge in [-0.15, -0.1) is 45.8 Å². The van der Waals surface area contributed by atoms with Gasteiger partial charge in [0.25, 0.3) is 0 Å². The van der Waals surface area contributed by atoms with Crippen molar-refractivity contribution in [3.63, 3.8) is 0 Å². The molecular formula is C46H38N5OPt-. The number of hydrogen-bond donors (Lipinski definition) is 0. The van der Waals surface area contributed by atoms with Crippen molar-refractivity contribution < 1.29 is 26.0 Å². The van der Waals surface area contributed by atoms with Crippen LogP contribution in [-0.4, -0.2) is 20.0 Å². The predicted molar refractivity (Wildman–Crippen MR) is 214 cm³/mol. The van der Waals surface area contributed by atoms with Crippen LogP contribution < -0.4 is 15.0 Å². The van der Waals surface area contributed by atoms with E-state index in [4.69, 9.17) is 9.92 Å². The van der Waals surface area contributed by atoms with Crippen LogP contribution in [0.15, 0.2) is 152 Å². The summed E-state index contributed by atoms with van der Waals surface area (Å²) in [5.74, 6) is 0.845. The zero-order valence-electron chi connectivity index (χ0n) is 29.9. The molecule has 1 aliphatic rings. The molecule has 0 bridgehead atoms. The van der Waals surface area contributed by atoms with Crippen LogP contribution in [0.3, 0.4) is 0 Å². The van der Waals surface area contributed by atoms with Crippen molar-refractivity contribution in [3.8, 4) is 16.9 Å². The minimum atomic E-state index is -0.199. The number of aryl methyl sites for hydroxylation is 1. The Bertz CT molecular complexity index is 2590. The summed E-state index contributed by atoms with van der Waals surface area (Å²) in [4.78, 5) is 12.2. The molecule has 3 heterocycles. The molecule has 0 atom stereocenters. The predicted octanol–water partition coefficient (Wildman–Crippen LogP) is 11.8. The van der Waals surface area contributed by atoms with Crippen LogP contribution in [0.1, 0.15) is 26.3 Å².